The number of allylic oxidation sites excluding steroid dienone is 2. The minimum absolute atomic E-state index is 0.189. The summed E-state index contributed by atoms with van der Waals surface area (Å²) >= 11 is 0. The van der Waals surface area contributed by atoms with Gasteiger partial charge in [0.25, 0.3) is 5.91 Å². The van der Waals surface area contributed by atoms with E-state index in [2.05, 4.69) is 15.7 Å². The first-order valence-electron chi connectivity index (χ1n) is 11.8. The van der Waals surface area contributed by atoms with Crippen LogP contribution in [0.5, 0.6) is 11.6 Å². The summed E-state index contributed by atoms with van der Waals surface area (Å²) in [5.41, 5.74) is 5.06. The number of aryl methyl sites for hydroxylation is 1. The molecule has 2 atom stereocenters. The number of nitrogens with one attached hydrogen (secondary N) is 2. The van der Waals surface area contributed by atoms with Gasteiger partial charge in [0.2, 0.25) is 17.7 Å². The molecule has 1 aliphatic carbocycles. The van der Waals surface area contributed by atoms with Crippen LogP contribution in [-0.2, 0) is 9.59 Å². The molecule has 9 heteroatoms. The van der Waals surface area contributed by atoms with E-state index < -0.39 is 5.92 Å². The number of nitriles is 1. The summed E-state index contributed by atoms with van der Waals surface area (Å²) in [6, 6.07) is 17.0. The van der Waals surface area contributed by atoms with Gasteiger partial charge in [-0.2, -0.15) is 5.26 Å². The highest BCUT2D eigenvalue weighted by Gasteiger charge is 2.42. The molecule has 37 heavy (non-hydrogen) atoms. The molecule has 1 fully saturated rings. The zero-order valence-corrected chi connectivity index (χ0v) is 20.0. The summed E-state index contributed by atoms with van der Waals surface area (Å²) in [4.78, 5) is 42.8. The van der Waals surface area contributed by atoms with Crippen molar-refractivity contribution in [1.29, 1.82) is 5.26 Å². The molecule has 3 amide bonds. The van der Waals surface area contributed by atoms with Gasteiger partial charge in [0.15, 0.2) is 0 Å². The molecule has 0 bridgehead atoms. The van der Waals surface area contributed by atoms with E-state index in [1.165, 1.54) is 5.01 Å². The molecule has 1 aliphatic heterocycles. The number of fused-ring (bicyclic) bond motifs is 1. The molecule has 2 N–H and O–H groups in total. The average molecular weight is 494 g/mol. The van der Waals surface area contributed by atoms with Crippen LogP contribution in [0.2, 0.25) is 0 Å². The average Bonchev–Trinajstić information content (AvgIpc) is 2.92. The van der Waals surface area contributed by atoms with Gasteiger partial charge in [0.1, 0.15) is 17.4 Å². The maximum absolute atomic E-state index is 13.1. The minimum atomic E-state index is -0.407. The zero-order chi connectivity index (χ0) is 25.9. The van der Waals surface area contributed by atoms with Crippen LogP contribution in [0.1, 0.15) is 34.3 Å². The van der Waals surface area contributed by atoms with Crippen molar-refractivity contribution in [2.75, 3.05) is 10.3 Å². The third-order valence-electron chi connectivity index (χ3n) is 6.45. The highest BCUT2D eigenvalue weighted by atomic mass is 16.5. The lowest BCUT2D eigenvalue weighted by molar-refractivity contribution is -0.139. The first-order chi connectivity index (χ1) is 17.9. The molecule has 0 unspecified atom stereocenters. The van der Waals surface area contributed by atoms with Crippen LogP contribution in [0.4, 0.5) is 11.4 Å². The first-order valence-corrected chi connectivity index (χ1v) is 11.8. The Bertz CT molecular complexity index is 1480. The molecule has 0 spiro atoms. The number of aromatic nitrogens is 1. The number of benzene rings is 2. The van der Waals surface area contributed by atoms with Crippen LogP contribution in [0.15, 0.2) is 72.9 Å². The molecule has 2 heterocycles. The second-order valence-corrected chi connectivity index (χ2v) is 8.86. The molecule has 1 saturated heterocycles. The van der Waals surface area contributed by atoms with Gasteiger partial charge in [0, 0.05) is 17.4 Å². The van der Waals surface area contributed by atoms with Crippen LogP contribution < -0.4 is 20.5 Å². The fraction of sp³-hybridized carbons (Fsp3) is 0.179. The number of hydrogen-bond acceptors (Lipinski definition) is 6. The SMILES string of the molecule is Cc1cc(Oc2ncccc2C#N)ccc1NC(=O)c1cccc(N2NC(=O)[C@@H]3CC=CC[C@@H]3C2=O)c1. The molecule has 0 saturated carbocycles. The number of pyridine rings is 1. The maximum atomic E-state index is 13.1. The Morgan fingerprint density at radius 1 is 1.11 bits per heavy atom. The lowest BCUT2D eigenvalue weighted by Gasteiger charge is -2.38. The molecule has 5 rings (SSSR count). The van der Waals surface area contributed by atoms with Crippen molar-refractivity contribution < 1.29 is 19.1 Å². The van der Waals surface area contributed by atoms with E-state index >= 15 is 0 Å². The summed E-state index contributed by atoms with van der Waals surface area (Å²) in [6.07, 6.45) is 6.46. The van der Waals surface area contributed by atoms with Gasteiger partial charge in [-0.05, 0) is 73.9 Å². The zero-order valence-electron chi connectivity index (χ0n) is 20.0. The van der Waals surface area contributed by atoms with Crippen molar-refractivity contribution in [3.8, 4) is 17.7 Å². The van der Waals surface area contributed by atoms with Crippen LogP contribution >= 0.6 is 0 Å². The van der Waals surface area contributed by atoms with Gasteiger partial charge in [0.05, 0.1) is 17.5 Å². The van der Waals surface area contributed by atoms with Gasteiger partial charge >= 0.3 is 0 Å². The van der Waals surface area contributed by atoms with E-state index in [0.717, 1.165) is 5.56 Å². The number of hydrazine groups is 1. The van der Waals surface area contributed by atoms with Gasteiger partial charge in [-0.1, -0.05) is 18.2 Å². The molecular weight excluding hydrogens is 470 g/mol. The maximum Gasteiger partial charge on any atom is 0.255 e. The second-order valence-electron chi connectivity index (χ2n) is 8.86. The molecular formula is C28H23N5O4. The third kappa shape index (κ3) is 4.77. The van der Waals surface area contributed by atoms with Crippen LogP contribution in [-0.4, -0.2) is 22.7 Å². The number of nitrogens with zero attached hydrogens (tertiary/aromatic N) is 3. The highest BCUT2D eigenvalue weighted by Crippen LogP contribution is 2.33. The van der Waals surface area contributed by atoms with Gasteiger partial charge < -0.3 is 10.1 Å². The van der Waals surface area contributed by atoms with Gasteiger partial charge in [-0.15, -0.1) is 0 Å². The number of anilines is 2. The first kappa shape index (κ1) is 23.8. The molecule has 1 aromatic heterocycles. The molecule has 2 aliphatic rings. The molecule has 184 valence electrons. The van der Waals surface area contributed by atoms with Crippen LogP contribution in [0, 0.1) is 30.1 Å². The van der Waals surface area contributed by atoms with Crippen molar-refractivity contribution in [3.63, 3.8) is 0 Å². The van der Waals surface area contributed by atoms with E-state index in [-0.39, 0.29) is 29.5 Å². The van der Waals surface area contributed by atoms with E-state index in [1.54, 1.807) is 60.8 Å². The molecule has 0 radical (unpaired) electrons. The quantitative estimate of drug-likeness (QED) is 0.512. The second kappa shape index (κ2) is 9.95. The number of rotatable bonds is 5. The Morgan fingerprint density at radius 2 is 1.92 bits per heavy atom. The Kier molecular flexibility index (Phi) is 6.39. The van der Waals surface area contributed by atoms with Crippen molar-refractivity contribution in [2.24, 2.45) is 11.8 Å². The third-order valence-corrected chi connectivity index (χ3v) is 6.45. The van der Waals surface area contributed by atoms with E-state index in [4.69, 9.17) is 4.74 Å². The van der Waals surface area contributed by atoms with Crippen molar-refractivity contribution in [2.45, 2.75) is 19.8 Å². The number of carbonyl (C=O) groups is 3. The van der Waals surface area contributed by atoms with Crippen molar-refractivity contribution in [1.82, 2.24) is 10.4 Å². The van der Waals surface area contributed by atoms with Gasteiger partial charge in [-0.3, -0.25) is 19.8 Å². The van der Waals surface area contributed by atoms with Crippen LogP contribution in [0.25, 0.3) is 0 Å². The number of amides is 3. The predicted molar refractivity (Wildman–Crippen MR) is 136 cm³/mol. The fourth-order valence-electron chi connectivity index (χ4n) is 4.47. The summed E-state index contributed by atoms with van der Waals surface area (Å²) in [7, 11) is 0. The number of hydrogen-bond donors (Lipinski definition) is 2. The Hall–Kier alpha value is -4.97. The van der Waals surface area contributed by atoms with Crippen LogP contribution in [0.3, 0.4) is 0 Å². The van der Waals surface area contributed by atoms with Gasteiger partial charge in [-0.25, -0.2) is 9.99 Å². The Morgan fingerprint density at radius 3 is 2.70 bits per heavy atom. The van der Waals surface area contributed by atoms with E-state index in [0.29, 0.717) is 41.1 Å². The highest BCUT2D eigenvalue weighted by molar-refractivity contribution is 6.07. The van der Waals surface area contributed by atoms with Crippen molar-refractivity contribution in [3.05, 3.63) is 89.6 Å². The standard InChI is InChI=1S/C28H23N5O4/c1-17-14-21(37-27-19(16-29)7-5-13-30-27)11-12-24(17)31-25(34)18-6-4-8-20(15-18)33-28(36)23-10-3-2-9-22(23)26(35)32-33/h2-8,11-15,22-23H,9-10H2,1H3,(H,31,34)(H,32,35)/t22-,23+/m1/s1. The Balaban J connectivity index is 1.31. The minimum Gasteiger partial charge on any atom is -0.438 e. The lowest BCUT2D eigenvalue weighted by atomic mass is 9.80. The topological polar surface area (TPSA) is 124 Å². The summed E-state index contributed by atoms with van der Waals surface area (Å²) in [6.45, 7) is 1.82. The smallest absolute Gasteiger partial charge is 0.255 e. The van der Waals surface area contributed by atoms with E-state index in [1.807, 2.05) is 25.1 Å². The number of carbonyl (C=O) groups excluding carboxylic acids is 3. The summed E-state index contributed by atoms with van der Waals surface area (Å²) < 4.78 is 5.74. The summed E-state index contributed by atoms with van der Waals surface area (Å²) in [5.74, 6) is -0.853. The largest absolute Gasteiger partial charge is 0.438 e. The molecule has 2 aromatic carbocycles. The van der Waals surface area contributed by atoms with E-state index in [9.17, 15) is 19.6 Å². The summed E-state index contributed by atoms with van der Waals surface area (Å²) in [5, 5.41) is 13.3. The lowest BCUT2D eigenvalue weighted by Crippen LogP contribution is -2.59. The number of ether oxygens (including phenoxy) is 1. The monoisotopic (exact) mass is 493 g/mol. The van der Waals surface area contributed by atoms with Crippen molar-refractivity contribution >= 4 is 29.1 Å². The molecule has 3 aromatic rings. The molecule has 9 nitrogen and oxygen atoms in total. The normalized spacial score (nSPS) is 18.4. The Labute approximate surface area is 213 Å². The predicted octanol–water partition coefficient (Wildman–Crippen LogP) is 4.27. The fourth-order valence-corrected chi connectivity index (χ4v) is 4.47.